The molecule has 0 saturated heterocycles. The Balaban J connectivity index is 2.27. The molecule has 1 aromatic heterocycles. The van der Waals surface area contributed by atoms with Gasteiger partial charge in [-0.3, -0.25) is 9.72 Å². The molecule has 0 bridgehead atoms. The number of aliphatic hydroxyl groups excluding tert-OH is 1. The fraction of sp³-hybridized carbons (Fsp3) is 0.444. The van der Waals surface area contributed by atoms with Gasteiger partial charge in [0.2, 0.25) is 0 Å². The largest absolute Gasteiger partial charge is 0.522 e. The van der Waals surface area contributed by atoms with Crippen molar-refractivity contribution in [2.24, 2.45) is 0 Å². The molecule has 16 heavy (non-hydrogen) atoms. The van der Waals surface area contributed by atoms with Gasteiger partial charge in [-0.15, -0.1) is 13.2 Å². The SMILES string of the molecule is OCc1ccc(OCCOC(F)(F)F)cn1. The lowest BCUT2D eigenvalue weighted by Gasteiger charge is -2.08. The molecular formula is C9H10F3NO3. The average Bonchev–Trinajstić information content (AvgIpc) is 2.24. The second-order valence-corrected chi connectivity index (χ2v) is 2.79. The molecule has 7 heteroatoms. The number of pyridine rings is 1. The molecule has 0 spiro atoms. The summed E-state index contributed by atoms with van der Waals surface area (Å²) in [6.07, 6.45) is -3.32. The lowest BCUT2D eigenvalue weighted by atomic mass is 10.3. The van der Waals surface area contributed by atoms with E-state index in [0.717, 1.165) is 0 Å². The molecule has 0 amide bonds. The van der Waals surface area contributed by atoms with Gasteiger partial charge in [-0.05, 0) is 12.1 Å². The summed E-state index contributed by atoms with van der Waals surface area (Å²) < 4.78 is 43.1. The van der Waals surface area contributed by atoms with Crippen LogP contribution in [0.1, 0.15) is 5.69 Å². The predicted octanol–water partition coefficient (Wildman–Crippen LogP) is 1.49. The van der Waals surface area contributed by atoms with Crippen LogP contribution in [0.2, 0.25) is 0 Å². The third-order valence-electron chi connectivity index (χ3n) is 1.58. The molecule has 1 N–H and O–H groups in total. The van der Waals surface area contributed by atoms with Crippen molar-refractivity contribution in [3.8, 4) is 5.75 Å². The van der Waals surface area contributed by atoms with Crippen molar-refractivity contribution >= 4 is 0 Å². The first-order chi connectivity index (χ1) is 7.51. The Kier molecular flexibility index (Phi) is 4.51. The maximum Gasteiger partial charge on any atom is 0.522 e. The Morgan fingerprint density at radius 3 is 2.50 bits per heavy atom. The number of halogens is 3. The van der Waals surface area contributed by atoms with Gasteiger partial charge in [-0.25, -0.2) is 0 Å². The van der Waals surface area contributed by atoms with Gasteiger partial charge in [0.05, 0.1) is 25.1 Å². The third kappa shape index (κ3) is 4.94. The van der Waals surface area contributed by atoms with Crippen LogP contribution in [-0.2, 0) is 11.3 Å². The molecule has 0 fully saturated rings. The zero-order chi connectivity index (χ0) is 12.0. The van der Waals surface area contributed by atoms with Gasteiger partial charge >= 0.3 is 6.36 Å². The quantitative estimate of drug-likeness (QED) is 0.788. The smallest absolute Gasteiger partial charge is 0.490 e. The molecule has 0 atom stereocenters. The van der Waals surface area contributed by atoms with Crippen LogP contribution in [0, 0.1) is 0 Å². The highest BCUT2D eigenvalue weighted by Crippen LogP contribution is 2.16. The van der Waals surface area contributed by atoms with E-state index in [1.165, 1.54) is 18.3 Å². The Hall–Kier alpha value is -1.34. The van der Waals surface area contributed by atoms with Gasteiger partial charge in [0.1, 0.15) is 12.4 Å². The minimum Gasteiger partial charge on any atom is -0.490 e. The highest BCUT2D eigenvalue weighted by Gasteiger charge is 2.28. The van der Waals surface area contributed by atoms with Gasteiger partial charge in [-0.1, -0.05) is 0 Å². The van der Waals surface area contributed by atoms with Gasteiger partial charge in [0.15, 0.2) is 0 Å². The summed E-state index contributed by atoms with van der Waals surface area (Å²) in [5.41, 5.74) is 0.457. The standard InChI is InChI=1S/C9H10F3NO3/c10-9(11,12)16-4-3-15-8-2-1-7(6-14)13-5-8/h1-2,5,14H,3-4,6H2. The predicted molar refractivity (Wildman–Crippen MR) is 47.7 cm³/mol. The molecular weight excluding hydrogens is 227 g/mol. The van der Waals surface area contributed by atoms with Gasteiger partial charge in [0, 0.05) is 0 Å². The van der Waals surface area contributed by atoms with E-state index in [-0.39, 0.29) is 13.2 Å². The van der Waals surface area contributed by atoms with Crippen molar-refractivity contribution in [2.45, 2.75) is 13.0 Å². The van der Waals surface area contributed by atoms with Gasteiger partial charge in [-0.2, -0.15) is 0 Å². The van der Waals surface area contributed by atoms with Crippen LogP contribution in [0.15, 0.2) is 18.3 Å². The Morgan fingerprint density at radius 1 is 1.25 bits per heavy atom. The first-order valence-corrected chi connectivity index (χ1v) is 4.40. The fourth-order valence-corrected chi connectivity index (χ4v) is 0.907. The molecule has 0 unspecified atom stereocenters. The van der Waals surface area contributed by atoms with Crippen molar-refractivity contribution < 1.29 is 27.8 Å². The van der Waals surface area contributed by atoms with Crippen LogP contribution in [0.25, 0.3) is 0 Å². The van der Waals surface area contributed by atoms with Crippen LogP contribution >= 0.6 is 0 Å². The van der Waals surface area contributed by atoms with E-state index in [9.17, 15) is 13.2 Å². The molecule has 0 aromatic carbocycles. The maximum absolute atomic E-state index is 11.6. The Morgan fingerprint density at radius 2 is 2.00 bits per heavy atom. The third-order valence-corrected chi connectivity index (χ3v) is 1.58. The molecule has 0 radical (unpaired) electrons. The average molecular weight is 237 g/mol. The minimum atomic E-state index is -4.64. The lowest BCUT2D eigenvalue weighted by Crippen LogP contribution is -2.18. The van der Waals surface area contributed by atoms with Crippen LogP contribution in [0.3, 0.4) is 0 Å². The monoisotopic (exact) mass is 237 g/mol. The second-order valence-electron chi connectivity index (χ2n) is 2.79. The number of hydrogen-bond acceptors (Lipinski definition) is 4. The Labute approximate surface area is 89.6 Å². The molecule has 90 valence electrons. The number of ether oxygens (including phenoxy) is 2. The molecule has 0 aliphatic heterocycles. The summed E-state index contributed by atoms with van der Waals surface area (Å²) in [7, 11) is 0. The number of aromatic nitrogens is 1. The van der Waals surface area contributed by atoms with E-state index >= 15 is 0 Å². The number of hydrogen-bond donors (Lipinski definition) is 1. The van der Waals surface area contributed by atoms with Crippen LogP contribution < -0.4 is 4.74 Å². The summed E-state index contributed by atoms with van der Waals surface area (Å²) in [6, 6.07) is 3.02. The lowest BCUT2D eigenvalue weighted by molar-refractivity contribution is -0.325. The molecule has 4 nitrogen and oxygen atoms in total. The first kappa shape index (κ1) is 12.7. The number of aliphatic hydroxyl groups is 1. The topological polar surface area (TPSA) is 51.6 Å². The molecule has 1 aromatic rings. The number of alkyl halides is 3. The van der Waals surface area contributed by atoms with Crippen molar-refractivity contribution in [2.75, 3.05) is 13.2 Å². The van der Waals surface area contributed by atoms with Gasteiger partial charge in [0.25, 0.3) is 0 Å². The van der Waals surface area contributed by atoms with E-state index in [0.29, 0.717) is 11.4 Å². The summed E-state index contributed by atoms with van der Waals surface area (Å²) in [5, 5.41) is 8.68. The zero-order valence-electron chi connectivity index (χ0n) is 8.20. The van der Waals surface area contributed by atoms with E-state index in [1.54, 1.807) is 0 Å². The second kappa shape index (κ2) is 5.66. The molecule has 1 heterocycles. The maximum atomic E-state index is 11.6. The molecule has 0 aliphatic rings. The van der Waals surface area contributed by atoms with E-state index in [2.05, 4.69) is 9.72 Å². The molecule has 1 rings (SSSR count). The normalized spacial score (nSPS) is 11.5. The Bertz CT molecular complexity index is 313. The zero-order valence-corrected chi connectivity index (χ0v) is 8.20. The summed E-state index contributed by atoms with van der Waals surface area (Å²) in [6.45, 7) is -0.998. The van der Waals surface area contributed by atoms with E-state index in [4.69, 9.17) is 9.84 Å². The van der Waals surface area contributed by atoms with Gasteiger partial charge < -0.3 is 9.84 Å². The highest BCUT2D eigenvalue weighted by molar-refractivity contribution is 5.19. The fourth-order valence-electron chi connectivity index (χ4n) is 0.907. The minimum absolute atomic E-state index is 0.197. The van der Waals surface area contributed by atoms with Crippen LogP contribution in [0.4, 0.5) is 13.2 Å². The van der Waals surface area contributed by atoms with Crippen molar-refractivity contribution in [1.82, 2.24) is 4.98 Å². The summed E-state index contributed by atoms with van der Waals surface area (Å²) >= 11 is 0. The van der Waals surface area contributed by atoms with Crippen LogP contribution in [0.5, 0.6) is 5.75 Å². The summed E-state index contributed by atoms with van der Waals surface area (Å²) in [5.74, 6) is 0.322. The highest BCUT2D eigenvalue weighted by atomic mass is 19.4. The molecule has 0 aliphatic carbocycles. The van der Waals surface area contributed by atoms with E-state index in [1.807, 2.05) is 0 Å². The number of nitrogens with zero attached hydrogens (tertiary/aromatic N) is 1. The molecule has 0 saturated carbocycles. The first-order valence-electron chi connectivity index (χ1n) is 4.40. The van der Waals surface area contributed by atoms with Crippen molar-refractivity contribution in [3.05, 3.63) is 24.0 Å². The van der Waals surface area contributed by atoms with E-state index < -0.39 is 13.0 Å². The summed E-state index contributed by atoms with van der Waals surface area (Å²) in [4.78, 5) is 3.79. The van der Waals surface area contributed by atoms with Crippen LogP contribution in [-0.4, -0.2) is 29.7 Å². The van der Waals surface area contributed by atoms with Crippen molar-refractivity contribution in [3.63, 3.8) is 0 Å². The van der Waals surface area contributed by atoms with Crippen molar-refractivity contribution in [1.29, 1.82) is 0 Å². The number of rotatable bonds is 5.